The lowest BCUT2D eigenvalue weighted by molar-refractivity contribution is 0.415. The van der Waals surface area contributed by atoms with E-state index in [9.17, 15) is 5.11 Å². The summed E-state index contributed by atoms with van der Waals surface area (Å²) in [4.78, 5) is 3.67. The zero-order chi connectivity index (χ0) is 21.8. The molecule has 1 aliphatic heterocycles. The van der Waals surface area contributed by atoms with Crippen molar-refractivity contribution >= 4 is 10.9 Å². The number of phenols is 1. The number of H-pyrrole nitrogens is 1. The first-order chi connectivity index (χ1) is 14.0. The third kappa shape index (κ3) is 3.47. The minimum atomic E-state index is -0.147. The number of fused-ring (bicyclic) bond motifs is 3. The molecule has 1 aliphatic rings. The van der Waals surface area contributed by atoms with E-state index < -0.39 is 0 Å². The van der Waals surface area contributed by atoms with E-state index in [1.54, 1.807) is 7.11 Å². The van der Waals surface area contributed by atoms with E-state index in [1.807, 2.05) is 6.07 Å². The molecule has 0 spiro atoms. The molecule has 2 aromatic carbocycles. The van der Waals surface area contributed by atoms with Gasteiger partial charge in [0.1, 0.15) is 11.5 Å². The van der Waals surface area contributed by atoms with Crippen molar-refractivity contribution in [3.63, 3.8) is 0 Å². The van der Waals surface area contributed by atoms with Crippen molar-refractivity contribution in [1.82, 2.24) is 10.3 Å². The highest BCUT2D eigenvalue weighted by atomic mass is 16.5. The van der Waals surface area contributed by atoms with Crippen molar-refractivity contribution in [1.29, 1.82) is 0 Å². The summed E-state index contributed by atoms with van der Waals surface area (Å²) in [5.41, 5.74) is 6.61. The molecule has 2 heterocycles. The number of phenolic OH excluding ortho intramolecular Hbond substituents is 1. The maximum atomic E-state index is 11.1. The average molecular weight is 407 g/mol. The van der Waals surface area contributed by atoms with Gasteiger partial charge in [-0.25, -0.2) is 0 Å². The van der Waals surface area contributed by atoms with E-state index >= 15 is 0 Å². The normalized spacial score (nSPS) is 17.2. The summed E-state index contributed by atoms with van der Waals surface area (Å²) >= 11 is 0. The minimum Gasteiger partial charge on any atom is -0.507 e. The number of hydrogen-bond donors (Lipinski definition) is 3. The fourth-order valence-corrected chi connectivity index (χ4v) is 4.59. The summed E-state index contributed by atoms with van der Waals surface area (Å²) in [7, 11) is 1.71. The van der Waals surface area contributed by atoms with Crippen LogP contribution in [0, 0.1) is 0 Å². The molecule has 0 fully saturated rings. The van der Waals surface area contributed by atoms with Crippen molar-refractivity contribution in [3.8, 4) is 11.5 Å². The fourth-order valence-electron chi connectivity index (χ4n) is 4.59. The van der Waals surface area contributed by atoms with Gasteiger partial charge in [0.2, 0.25) is 0 Å². The Morgan fingerprint density at radius 3 is 2.17 bits per heavy atom. The maximum Gasteiger partial charge on any atom is 0.123 e. The number of methoxy groups -OCH3 is 1. The molecule has 4 heteroatoms. The Morgan fingerprint density at radius 2 is 1.60 bits per heavy atom. The molecule has 0 amide bonds. The van der Waals surface area contributed by atoms with Gasteiger partial charge in [-0.15, -0.1) is 0 Å². The van der Waals surface area contributed by atoms with Gasteiger partial charge in [0.05, 0.1) is 13.2 Å². The minimum absolute atomic E-state index is 0.0648. The van der Waals surface area contributed by atoms with E-state index in [2.05, 4.69) is 76.1 Å². The Morgan fingerprint density at radius 1 is 0.967 bits per heavy atom. The van der Waals surface area contributed by atoms with Crippen LogP contribution in [0.3, 0.4) is 0 Å². The van der Waals surface area contributed by atoms with Crippen molar-refractivity contribution in [2.75, 3.05) is 13.7 Å². The van der Waals surface area contributed by atoms with Crippen LogP contribution in [0.4, 0.5) is 0 Å². The third-order valence-corrected chi connectivity index (χ3v) is 6.24. The summed E-state index contributed by atoms with van der Waals surface area (Å²) in [5.74, 6) is 1.31. The van der Waals surface area contributed by atoms with E-state index in [4.69, 9.17) is 4.74 Å². The Labute approximate surface area is 179 Å². The lowest BCUT2D eigenvalue weighted by Crippen LogP contribution is -2.31. The van der Waals surface area contributed by atoms with Crippen LogP contribution in [-0.4, -0.2) is 23.7 Å². The Kier molecular flexibility index (Phi) is 4.89. The smallest absolute Gasteiger partial charge is 0.123 e. The quantitative estimate of drug-likeness (QED) is 0.511. The largest absolute Gasteiger partial charge is 0.507 e. The molecule has 1 atom stereocenters. The molecular formula is C26H34N2O2. The standard InChI is InChI=1S/C26H34N2O2/c1-25(2,3)19-12-15(13-20(24(19)29)26(4,5)6)22-23-17(10-11-27-22)18-14-16(30-7)8-9-21(18)28-23/h8-9,12-14,22,27-29H,10-11H2,1-7H3/t22-/m1/s1. The molecule has 3 N–H and O–H groups in total. The molecule has 0 bridgehead atoms. The molecule has 0 saturated heterocycles. The van der Waals surface area contributed by atoms with Gasteiger partial charge in [-0.3, -0.25) is 0 Å². The monoisotopic (exact) mass is 406 g/mol. The number of aromatic hydroxyl groups is 1. The van der Waals surface area contributed by atoms with Crippen LogP contribution < -0.4 is 10.1 Å². The van der Waals surface area contributed by atoms with Crippen LogP contribution >= 0.6 is 0 Å². The Hall–Kier alpha value is -2.46. The molecule has 30 heavy (non-hydrogen) atoms. The van der Waals surface area contributed by atoms with Crippen molar-refractivity contribution in [3.05, 3.63) is 58.3 Å². The molecule has 0 unspecified atom stereocenters. The molecule has 4 rings (SSSR count). The van der Waals surface area contributed by atoms with Gasteiger partial charge in [-0.2, -0.15) is 0 Å². The molecule has 3 aromatic rings. The number of aromatic nitrogens is 1. The highest BCUT2D eigenvalue weighted by molar-refractivity contribution is 5.86. The first kappa shape index (κ1) is 20.8. The number of nitrogens with one attached hydrogen (secondary N) is 2. The summed E-state index contributed by atoms with van der Waals surface area (Å²) in [6.45, 7) is 13.9. The maximum absolute atomic E-state index is 11.1. The number of benzene rings is 2. The van der Waals surface area contributed by atoms with Crippen molar-refractivity contribution < 1.29 is 9.84 Å². The van der Waals surface area contributed by atoms with Gasteiger partial charge in [-0.05, 0) is 69.8 Å². The molecule has 4 nitrogen and oxygen atoms in total. The SMILES string of the molecule is COc1ccc2[nH]c3c(c2c1)CCN[C@@H]3c1cc(C(C)(C)C)c(O)c(C(C)(C)C)c1. The summed E-state index contributed by atoms with van der Waals surface area (Å²) in [5, 5.41) is 16.1. The van der Waals surface area contributed by atoms with E-state index in [-0.39, 0.29) is 16.9 Å². The highest BCUT2D eigenvalue weighted by Crippen LogP contribution is 2.43. The number of ether oxygens (including phenoxy) is 1. The second-order valence-electron chi connectivity index (χ2n) is 10.5. The first-order valence-electron chi connectivity index (χ1n) is 10.8. The number of hydrogen-bond acceptors (Lipinski definition) is 3. The predicted octanol–water partition coefficient (Wildman–Crippen LogP) is 5.71. The van der Waals surface area contributed by atoms with Crippen LogP contribution in [0.15, 0.2) is 30.3 Å². The topological polar surface area (TPSA) is 57.3 Å². The van der Waals surface area contributed by atoms with Crippen LogP contribution in [-0.2, 0) is 17.3 Å². The number of aromatic amines is 1. The molecule has 0 saturated carbocycles. The third-order valence-electron chi connectivity index (χ3n) is 6.24. The molecule has 0 radical (unpaired) electrons. The lowest BCUT2D eigenvalue weighted by Gasteiger charge is -2.31. The average Bonchev–Trinajstić information content (AvgIpc) is 3.04. The summed E-state index contributed by atoms with van der Waals surface area (Å²) in [6, 6.07) is 10.7. The van der Waals surface area contributed by atoms with E-state index in [0.717, 1.165) is 35.4 Å². The van der Waals surface area contributed by atoms with Gasteiger partial charge < -0.3 is 20.1 Å². The van der Waals surface area contributed by atoms with Crippen molar-refractivity contribution in [2.45, 2.75) is 64.8 Å². The van der Waals surface area contributed by atoms with Gasteiger partial charge in [0.15, 0.2) is 0 Å². The van der Waals surface area contributed by atoms with Crippen LogP contribution in [0.2, 0.25) is 0 Å². The van der Waals surface area contributed by atoms with E-state index in [0.29, 0.717) is 5.75 Å². The second-order valence-corrected chi connectivity index (χ2v) is 10.5. The lowest BCUT2D eigenvalue weighted by atomic mass is 9.77. The summed E-state index contributed by atoms with van der Waals surface area (Å²) in [6.07, 6.45) is 0.981. The zero-order valence-electron chi connectivity index (χ0n) is 19.2. The fraction of sp³-hybridized carbons (Fsp3) is 0.462. The Balaban J connectivity index is 1.92. The van der Waals surface area contributed by atoms with Crippen LogP contribution in [0.1, 0.15) is 75.5 Å². The second kappa shape index (κ2) is 7.05. The Bertz CT molecular complexity index is 1060. The first-order valence-corrected chi connectivity index (χ1v) is 10.8. The predicted molar refractivity (Wildman–Crippen MR) is 124 cm³/mol. The van der Waals surface area contributed by atoms with Gasteiger partial charge >= 0.3 is 0 Å². The van der Waals surface area contributed by atoms with Crippen LogP contribution in [0.25, 0.3) is 10.9 Å². The molecular weight excluding hydrogens is 372 g/mol. The van der Waals surface area contributed by atoms with Crippen LogP contribution in [0.5, 0.6) is 11.5 Å². The number of rotatable bonds is 2. The van der Waals surface area contributed by atoms with Gasteiger partial charge in [0, 0.05) is 23.1 Å². The van der Waals surface area contributed by atoms with Gasteiger partial charge in [0.25, 0.3) is 0 Å². The zero-order valence-corrected chi connectivity index (χ0v) is 19.2. The molecule has 0 aliphatic carbocycles. The summed E-state index contributed by atoms with van der Waals surface area (Å²) < 4.78 is 5.46. The highest BCUT2D eigenvalue weighted by Gasteiger charge is 2.31. The van der Waals surface area contributed by atoms with E-state index in [1.165, 1.54) is 22.2 Å². The molecule has 160 valence electrons. The van der Waals surface area contributed by atoms with Gasteiger partial charge in [-0.1, -0.05) is 41.5 Å². The molecule has 1 aromatic heterocycles. The van der Waals surface area contributed by atoms with Crippen molar-refractivity contribution in [2.24, 2.45) is 0 Å².